The Kier molecular flexibility index (Phi) is 6.08. The van der Waals surface area contributed by atoms with Crippen molar-refractivity contribution >= 4 is 17.5 Å². The van der Waals surface area contributed by atoms with Crippen LogP contribution in [0, 0.1) is 0 Å². The summed E-state index contributed by atoms with van der Waals surface area (Å²) >= 11 is 5.88. The van der Waals surface area contributed by atoms with Crippen molar-refractivity contribution in [2.45, 2.75) is 6.10 Å². The van der Waals surface area contributed by atoms with Crippen molar-refractivity contribution in [1.82, 2.24) is 4.90 Å². The number of methoxy groups -OCH3 is 2. The second-order valence-corrected chi connectivity index (χ2v) is 4.58. The highest BCUT2D eigenvalue weighted by molar-refractivity contribution is 6.31. The minimum atomic E-state index is -0.732. The van der Waals surface area contributed by atoms with Crippen LogP contribution < -0.4 is 4.74 Å². The molecule has 1 rings (SSSR count). The third kappa shape index (κ3) is 4.38. The highest BCUT2D eigenvalue weighted by Crippen LogP contribution is 2.23. The number of likely N-dealkylation sites (N-methyl/N-ethyl adjacent to an activating group) is 1. The smallest absolute Gasteiger partial charge is 0.257 e. The molecule has 19 heavy (non-hydrogen) atoms. The SMILES string of the molecule is COCC(O)CN(C)C(=O)c1cc(Cl)ccc1OC. The van der Waals surface area contributed by atoms with Crippen LogP contribution in [0.4, 0.5) is 0 Å². The van der Waals surface area contributed by atoms with Crippen molar-refractivity contribution < 1.29 is 19.4 Å². The molecule has 1 N–H and O–H groups in total. The highest BCUT2D eigenvalue weighted by atomic mass is 35.5. The van der Waals surface area contributed by atoms with Gasteiger partial charge in [0.1, 0.15) is 5.75 Å². The maximum Gasteiger partial charge on any atom is 0.257 e. The molecule has 0 radical (unpaired) electrons. The fourth-order valence-corrected chi connectivity index (χ4v) is 1.87. The normalized spacial score (nSPS) is 12.1. The van der Waals surface area contributed by atoms with E-state index in [2.05, 4.69) is 0 Å². The summed E-state index contributed by atoms with van der Waals surface area (Å²) in [4.78, 5) is 13.7. The van der Waals surface area contributed by atoms with E-state index < -0.39 is 6.10 Å². The van der Waals surface area contributed by atoms with Crippen LogP contribution in [-0.4, -0.2) is 56.4 Å². The van der Waals surface area contributed by atoms with Crippen LogP contribution in [0.5, 0.6) is 5.75 Å². The first-order valence-corrected chi connectivity index (χ1v) is 6.13. The molecular weight excluding hydrogens is 270 g/mol. The van der Waals surface area contributed by atoms with E-state index in [0.29, 0.717) is 16.3 Å². The topological polar surface area (TPSA) is 59.0 Å². The third-order valence-corrected chi connectivity index (χ3v) is 2.82. The molecule has 1 aromatic carbocycles. The Morgan fingerprint density at radius 1 is 1.47 bits per heavy atom. The summed E-state index contributed by atoms with van der Waals surface area (Å²) in [6, 6.07) is 4.83. The van der Waals surface area contributed by atoms with Gasteiger partial charge in [-0.2, -0.15) is 0 Å². The molecule has 106 valence electrons. The molecule has 0 aliphatic rings. The highest BCUT2D eigenvalue weighted by Gasteiger charge is 2.19. The number of carbonyl (C=O) groups excluding carboxylic acids is 1. The molecule has 0 saturated heterocycles. The van der Waals surface area contributed by atoms with Crippen molar-refractivity contribution in [3.63, 3.8) is 0 Å². The number of benzene rings is 1. The number of hydrogen-bond donors (Lipinski definition) is 1. The van der Waals surface area contributed by atoms with Crippen molar-refractivity contribution in [1.29, 1.82) is 0 Å². The minimum Gasteiger partial charge on any atom is -0.496 e. The van der Waals surface area contributed by atoms with E-state index in [-0.39, 0.29) is 19.1 Å². The number of ether oxygens (including phenoxy) is 2. The van der Waals surface area contributed by atoms with Crippen molar-refractivity contribution in [3.8, 4) is 5.75 Å². The number of amides is 1. The molecule has 0 fully saturated rings. The zero-order valence-electron chi connectivity index (χ0n) is 11.2. The van der Waals surface area contributed by atoms with Gasteiger partial charge in [0.25, 0.3) is 5.91 Å². The fraction of sp³-hybridized carbons (Fsp3) is 0.462. The summed E-state index contributed by atoms with van der Waals surface area (Å²) < 4.78 is 9.95. The average molecular weight is 288 g/mol. The van der Waals surface area contributed by atoms with E-state index in [4.69, 9.17) is 21.1 Å². The monoisotopic (exact) mass is 287 g/mol. The number of rotatable bonds is 6. The Labute approximate surface area is 117 Å². The number of carbonyl (C=O) groups is 1. The Balaban J connectivity index is 2.84. The lowest BCUT2D eigenvalue weighted by Gasteiger charge is -2.21. The molecule has 0 saturated carbocycles. The predicted octanol–water partition coefficient (Wildman–Crippen LogP) is 1.43. The largest absolute Gasteiger partial charge is 0.496 e. The van der Waals surface area contributed by atoms with Crippen molar-refractivity contribution in [2.75, 3.05) is 34.4 Å². The molecule has 1 aromatic rings. The van der Waals surface area contributed by atoms with E-state index in [1.165, 1.54) is 19.1 Å². The standard InChI is InChI=1S/C13H18ClNO4/c1-15(7-10(16)8-18-2)13(17)11-6-9(14)4-5-12(11)19-3/h4-6,10,16H,7-8H2,1-3H3. The van der Waals surface area contributed by atoms with Crippen LogP contribution in [0.2, 0.25) is 5.02 Å². The van der Waals surface area contributed by atoms with E-state index in [0.717, 1.165) is 0 Å². The molecule has 6 heteroatoms. The van der Waals surface area contributed by atoms with Crippen LogP contribution in [0.25, 0.3) is 0 Å². The molecule has 5 nitrogen and oxygen atoms in total. The van der Waals surface area contributed by atoms with Gasteiger partial charge in [-0.1, -0.05) is 11.6 Å². The summed E-state index contributed by atoms with van der Waals surface area (Å²) in [5.74, 6) is 0.178. The maximum absolute atomic E-state index is 12.3. The molecule has 1 atom stereocenters. The van der Waals surface area contributed by atoms with E-state index in [1.54, 1.807) is 25.2 Å². The van der Waals surface area contributed by atoms with Gasteiger partial charge >= 0.3 is 0 Å². The number of aliphatic hydroxyl groups excluding tert-OH is 1. The Morgan fingerprint density at radius 3 is 2.74 bits per heavy atom. The first-order chi connectivity index (χ1) is 8.99. The molecule has 1 unspecified atom stereocenters. The number of nitrogens with zero attached hydrogens (tertiary/aromatic N) is 1. The number of hydrogen-bond acceptors (Lipinski definition) is 4. The lowest BCUT2D eigenvalue weighted by molar-refractivity contribution is 0.0379. The van der Waals surface area contributed by atoms with Gasteiger partial charge in [-0.25, -0.2) is 0 Å². The zero-order valence-corrected chi connectivity index (χ0v) is 12.0. The third-order valence-electron chi connectivity index (χ3n) is 2.58. The molecule has 0 aromatic heterocycles. The van der Waals surface area contributed by atoms with Gasteiger partial charge in [0.2, 0.25) is 0 Å². The summed E-state index contributed by atoms with van der Waals surface area (Å²) in [6.07, 6.45) is -0.732. The molecule has 0 bridgehead atoms. The van der Waals surface area contributed by atoms with Crippen LogP contribution >= 0.6 is 11.6 Å². The van der Waals surface area contributed by atoms with Gasteiger partial charge in [0.05, 0.1) is 25.4 Å². The lowest BCUT2D eigenvalue weighted by atomic mass is 10.1. The maximum atomic E-state index is 12.3. The average Bonchev–Trinajstić information content (AvgIpc) is 2.37. The summed E-state index contributed by atoms with van der Waals surface area (Å²) in [5, 5.41) is 10.1. The van der Waals surface area contributed by atoms with Gasteiger partial charge in [-0.05, 0) is 18.2 Å². The van der Waals surface area contributed by atoms with Crippen LogP contribution in [-0.2, 0) is 4.74 Å². The number of halogens is 1. The van der Waals surface area contributed by atoms with Gasteiger partial charge < -0.3 is 19.5 Å². The number of aliphatic hydroxyl groups is 1. The Hall–Kier alpha value is -1.30. The first-order valence-electron chi connectivity index (χ1n) is 5.75. The molecule has 0 aliphatic heterocycles. The second kappa shape index (κ2) is 7.33. The Morgan fingerprint density at radius 2 is 2.16 bits per heavy atom. The van der Waals surface area contributed by atoms with Crippen LogP contribution in [0.1, 0.15) is 10.4 Å². The lowest BCUT2D eigenvalue weighted by Crippen LogP contribution is -2.36. The second-order valence-electron chi connectivity index (χ2n) is 4.14. The quantitative estimate of drug-likeness (QED) is 0.860. The summed E-state index contributed by atoms with van der Waals surface area (Å²) in [7, 11) is 4.58. The van der Waals surface area contributed by atoms with E-state index in [1.807, 2.05) is 0 Å². The predicted molar refractivity (Wildman–Crippen MR) is 72.8 cm³/mol. The molecular formula is C13H18ClNO4. The zero-order chi connectivity index (χ0) is 14.4. The van der Waals surface area contributed by atoms with Gasteiger partial charge in [0, 0.05) is 25.7 Å². The summed E-state index contributed by atoms with van der Waals surface area (Å²) in [6.45, 7) is 0.340. The minimum absolute atomic E-state index is 0.169. The fourth-order valence-electron chi connectivity index (χ4n) is 1.70. The van der Waals surface area contributed by atoms with Gasteiger partial charge in [-0.15, -0.1) is 0 Å². The van der Waals surface area contributed by atoms with Crippen molar-refractivity contribution in [3.05, 3.63) is 28.8 Å². The van der Waals surface area contributed by atoms with Crippen LogP contribution in [0.15, 0.2) is 18.2 Å². The van der Waals surface area contributed by atoms with E-state index in [9.17, 15) is 9.90 Å². The van der Waals surface area contributed by atoms with Crippen LogP contribution in [0.3, 0.4) is 0 Å². The van der Waals surface area contributed by atoms with Crippen molar-refractivity contribution in [2.24, 2.45) is 0 Å². The Bertz CT molecular complexity index is 439. The summed E-state index contributed by atoms with van der Waals surface area (Å²) in [5.41, 5.74) is 0.363. The molecule has 0 heterocycles. The van der Waals surface area contributed by atoms with Gasteiger partial charge in [-0.3, -0.25) is 4.79 Å². The van der Waals surface area contributed by atoms with Gasteiger partial charge in [0.15, 0.2) is 0 Å². The first kappa shape index (κ1) is 15.8. The molecule has 0 spiro atoms. The van der Waals surface area contributed by atoms with E-state index >= 15 is 0 Å². The molecule has 0 aliphatic carbocycles. The molecule has 1 amide bonds.